The first-order valence-electron chi connectivity index (χ1n) is 7.31. The number of nitrogens with one attached hydrogen (secondary N) is 2. The van der Waals surface area contributed by atoms with Gasteiger partial charge >= 0.3 is 0 Å². The van der Waals surface area contributed by atoms with Crippen molar-refractivity contribution in [1.82, 2.24) is 9.97 Å². The zero-order valence-corrected chi connectivity index (χ0v) is 13.0. The van der Waals surface area contributed by atoms with Crippen LogP contribution in [-0.4, -0.2) is 9.97 Å². The number of aromatic nitrogens is 2. The molecule has 0 amide bonds. The quantitative estimate of drug-likeness (QED) is 0.732. The second kappa shape index (κ2) is 6.44. The summed E-state index contributed by atoms with van der Waals surface area (Å²) in [5.41, 5.74) is 2.48. The minimum Gasteiger partial charge on any atom is -0.340 e. The Kier molecular flexibility index (Phi) is 4.19. The summed E-state index contributed by atoms with van der Waals surface area (Å²) < 4.78 is 13.7. The highest BCUT2D eigenvalue weighted by Crippen LogP contribution is 2.22. The average Bonchev–Trinajstić information content (AvgIpc) is 2.49. The van der Waals surface area contributed by atoms with E-state index in [-0.39, 0.29) is 5.82 Å². The summed E-state index contributed by atoms with van der Waals surface area (Å²) >= 11 is 0. The fourth-order valence-corrected chi connectivity index (χ4v) is 2.27. The molecule has 0 bridgehead atoms. The van der Waals surface area contributed by atoms with E-state index in [1.165, 1.54) is 6.07 Å². The molecular formula is C18H17FN4. The van der Waals surface area contributed by atoms with Crippen molar-refractivity contribution < 1.29 is 4.39 Å². The van der Waals surface area contributed by atoms with Gasteiger partial charge in [-0.2, -0.15) is 0 Å². The minimum atomic E-state index is -0.322. The van der Waals surface area contributed by atoms with Crippen LogP contribution in [0.5, 0.6) is 0 Å². The Hall–Kier alpha value is -2.95. The standard InChI is InChI=1S/C18H17FN4/c1-12-6-5-7-14(10-12)22-17-11-18(21-13(2)20-17)23-16-9-4-3-8-15(16)19/h3-11H,1-2H3,(H2,20,21,22,23). The van der Waals surface area contributed by atoms with Crippen molar-refractivity contribution in [3.63, 3.8) is 0 Å². The topological polar surface area (TPSA) is 49.8 Å². The molecule has 0 aliphatic rings. The molecule has 23 heavy (non-hydrogen) atoms. The van der Waals surface area contributed by atoms with Gasteiger partial charge < -0.3 is 10.6 Å². The van der Waals surface area contributed by atoms with Gasteiger partial charge in [0.1, 0.15) is 23.3 Å². The lowest BCUT2D eigenvalue weighted by Crippen LogP contribution is -2.02. The fraction of sp³-hybridized carbons (Fsp3) is 0.111. The van der Waals surface area contributed by atoms with E-state index in [1.54, 1.807) is 31.2 Å². The predicted molar refractivity (Wildman–Crippen MR) is 90.9 cm³/mol. The van der Waals surface area contributed by atoms with Crippen molar-refractivity contribution >= 4 is 23.0 Å². The molecule has 5 heteroatoms. The first-order chi connectivity index (χ1) is 11.1. The Labute approximate surface area is 134 Å². The normalized spacial score (nSPS) is 10.4. The van der Waals surface area contributed by atoms with Crippen molar-refractivity contribution in [3.8, 4) is 0 Å². The number of aryl methyl sites for hydroxylation is 2. The molecule has 0 radical (unpaired) electrons. The Morgan fingerprint density at radius 1 is 0.826 bits per heavy atom. The first kappa shape index (κ1) is 15.0. The smallest absolute Gasteiger partial charge is 0.146 e. The van der Waals surface area contributed by atoms with E-state index in [0.717, 1.165) is 11.3 Å². The summed E-state index contributed by atoms with van der Waals surface area (Å²) in [5.74, 6) is 1.47. The highest BCUT2D eigenvalue weighted by atomic mass is 19.1. The number of nitrogens with zero attached hydrogens (tertiary/aromatic N) is 2. The van der Waals surface area contributed by atoms with Gasteiger partial charge in [-0.15, -0.1) is 0 Å². The van der Waals surface area contributed by atoms with Gasteiger partial charge in [0, 0.05) is 11.8 Å². The molecule has 0 atom stereocenters. The summed E-state index contributed by atoms with van der Waals surface area (Å²) in [5, 5.41) is 6.23. The maximum atomic E-state index is 13.7. The maximum Gasteiger partial charge on any atom is 0.146 e. The van der Waals surface area contributed by atoms with E-state index in [1.807, 2.05) is 31.2 Å². The van der Waals surface area contributed by atoms with Crippen LogP contribution in [0.15, 0.2) is 54.6 Å². The van der Waals surface area contributed by atoms with Gasteiger partial charge in [0.15, 0.2) is 0 Å². The molecule has 3 aromatic rings. The van der Waals surface area contributed by atoms with E-state index in [0.29, 0.717) is 23.1 Å². The number of anilines is 4. The van der Waals surface area contributed by atoms with Gasteiger partial charge in [-0.1, -0.05) is 24.3 Å². The van der Waals surface area contributed by atoms with Crippen LogP contribution in [0.4, 0.5) is 27.4 Å². The third kappa shape index (κ3) is 3.83. The largest absolute Gasteiger partial charge is 0.340 e. The molecule has 1 aromatic heterocycles. The molecule has 0 aliphatic carbocycles. The molecule has 4 nitrogen and oxygen atoms in total. The predicted octanol–water partition coefficient (Wildman–Crippen LogP) is 4.72. The fourth-order valence-electron chi connectivity index (χ4n) is 2.27. The number of rotatable bonds is 4. The molecule has 0 fully saturated rings. The highest BCUT2D eigenvalue weighted by molar-refractivity contribution is 5.63. The lowest BCUT2D eigenvalue weighted by Gasteiger charge is -2.11. The zero-order valence-electron chi connectivity index (χ0n) is 13.0. The molecular weight excluding hydrogens is 291 g/mol. The molecule has 2 N–H and O–H groups in total. The molecule has 0 spiro atoms. The van der Waals surface area contributed by atoms with Crippen LogP contribution in [0, 0.1) is 19.7 Å². The van der Waals surface area contributed by atoms with E-state index >= 15 is 0 Å². The average molecular weight is 308 g/mol. The Bertz CT molecular complexity index is 833. The van der Waals surface area contributed by atoms with Gasteiger partial charge in [0.2, 0.25) is 0 Å². The Balaban J connectivity index is 1.86. The molecule has 0 saturated heterocycles. The van der Waals surface area contributed by atoms with Gasteiger partial charge in [0.05, 0.1) is 5.69 Å². The molecule has 1 heterocycles. The summed E-state index contributed by atoms with van der Waals surface area (Å²) in [4.78, 5) is 8.67. The van der Waals surface area contributed by atoms with Crippen LogP contribution in [0.3, 0.4) is 0 Å². The maximum absolute atomic E-state index is 13.7. The molecule has 3 rings (SSSR count). The van der Waals surface area contributed by atoms with Crippen LogP contribution < -0.4 is 10.6 Å². The molecule has 2 aromatic carbocycles. The van der Waals surface area contributed by atoms with Crippen molar-refractivity contribution in [2.45, 2.75) is 13.8 Å². The number of benzene rings is 2. The zero-order chi connectivity index (χ0) is 16.2. The van der Waals surface area contributed by atoms with Gasteiger partial charge in [-0.05, 0) is 43.7 Å². The van der Waals surface area contributed by atoms with Crippen LogP contribution in [0.2, 0.25) is 0 Å². The third-order valence-corrected chi connectivity index (χ3v) is 3.27. The third-order valence-electron chi connectivity index (χ3n) is 3.27. The second-order valence-corrected chi connectivity index (χ2v) is 5.28. The van der Waals surface area contributed by atoms with Crippen molar-refractivity contribution in [2.75, 3.05) is 10.6 Å². The second-order valence-electron chi connectivity index (χ2n) is 5.28. The summed E-state index contributed by atoms with van der Waals surface area (Å²) in [6.45, 7) is 3.83. The highest BCUT2D eigenvalue weighted by Gasteiger charge is 2.06. The van der Waals surface area contributed by atoms with Crippen LogP contribution in [0.1, 0.15) is 11.4 Å². The lowest BCUT2D eigenvalue weighted by molar-refractivity contribution is 0.632. The molecule has 0 saturated carbocycles. The lowest BCUT2D eigenvalue weighted by atomic mass is 10.2. The van der Waals surface area contributed by atoms with Gasteiger partial charge in [0.25, 0.3) is 0 Å². The monoisotopic (exact) mass is 308 g/mol. The van der Waals surface area contributed by atoms with E-state index in [2.05, 4.69) is 20.6 Å². The summed E-state index contributed by atoms with van der Waals surface area (Å²) in [6.07, 6.45) is 0. The van der Waals surface area contributed by atoms with Gasteiger partial charge in [-0.3, -0.25) is 0 Å². The number of para-hydroxylation sites is 1. The first-order valence-corrected chi connectivity index (χ1v) is 7.31. The van der Waals surface area contributed by atoms with Crippen molar-refractivity contribution in [3.05, 3.63) is 71.8 Å². The molecule has 0 unspecified atom stereocenters. The minimum absolute atomic E-state index is 0.322. The molecule has 116 valence electrons. The van der Waals surface area contributed by atoms with Crippen LogP contribution in [0.25, 0.3) is 0 Å². The summed E-state index contributed by atoms with van der Waals surface area (Å²) in [6, 6.07) is 16.2. The van der Waals surface area contributed by atoms with Gasteiger partial charge in [-0.25, -0.2) is 14.4 Å². The van der Waals surface area contributed by atoms with E-state index in [4.69, 9.17) is 0 Å². The SMILES string of the molecule is Cc1cccc(Nc2cc(Nc3ccccc3F)nc(C)n2)c1. The van der Waals surface area contributed by atoms with Crippen LogP contribution in [-0.2, 0) is 0 Å². The number of hydrogen-bond acceptors (Lipinski definition) is 4. The Morgan fingerprint density at radius 2 is 1.57 bits per heavy atom. The molecule has 0 aliphatic heterocycles. The van der Waals surface area contributed by atoms with E-state index in [9.17, 15) is 4.39 Å². The van der Waals surface area contributed by atoms with E-state index < -0.39 is 0 Å². The summed E-state index contributed by atoms with van der Waals surface area (Å²) in [7, 11) is 0. The number of halogens is 1. The van der Waals surface area contributed by atoms with Crippen molar-refractivity contribution in [1.29, 1.82) is 0 Å². The van der Waals surface area contributed by atoms with Crippen LogP contribution >= 0.6 is 0 Å². The number of hydrogen-bond donors (Lipinski definition) is 2. The Morgan fingerprint density at radius 3 is 2.30 bits per heavy atom. The van der Waals surface area contributed by atoms with Crippen molar-refractivity contribution in [2.24, 2.45) is 0 Å².